The molecule has 0 fully saturated rings. The minimum absolute atomic E-state index is 0.0135. The van der Waals surface area contributed by atoms with E-state index >= 15 is 0 Å². The number of hydrogen-bond acceptors (Lipinski definition) is 6. The molecule has 1 heterocycles. The molecule has 0 aliphatic rings. The van der Waals surface area contributed by atoms with E-state index in [4.69, 9.17) is 21.0 Å². The van der Waals surface area contributed by atoms with Gasteiger partial charge in [-0.25, -0.2) is 4.79 Å². The Bertz CT molecular complexity index is 938. The van der Waals surface area contributed by atoms with Gasteiger partial charge in [0.1, 0.15) is 24.6 Å². The van der Waals surface area contributed by atoms with Gasteiger partial charge in [-0.2, -0.15) is 0 Å². The Morgan fingerprint density at radius 2 is 1.86 bits per heavy atom. The fraction of sp³-hybridized carbons (Fsp3) is 0.222. The van der Waals surface area contributed by atoms with Crippen molar-refractivity contribution in [2.75, 3.05) is 18.5 Å². The predicted octanol–water partition coefficient (Wildman–Crippen LogP) is 0.0888. The second-order valence-corrected chi connectivity index (χ2v) is 5.81. The first-order valence-corrected chi connectivity index (χ1v) is 8.58. The number of para-hydroxylation sites is 1. The molecule has 2 aromatic rings. The summed E-state index contributed by atoms with van der Waals surface area (Å²) in [5.41, 5.74) is 10.2. The van der Waals surface area contributed by atoms with E-state index in [1.165, 1.54) is 10.6 Å². The number of hydrogen-bond donors (Lipinski definition) is 4. The number of anilines is 1. The molecule has 0 bridgehead atoms. The number of oxime groups is 1. The molecule has 29 heavy (non-hydrogen) atoms. The van der Waals surface area contributed by atoms with E-state index in [1.54, 1.807) is 43.3 Å². The highest BCUT2D eigenvalue weighted by atomic mass is 16.6. The molecule has 2 amide bonds. The summed E-state index contributed by atoms with van der Waals surface area (Å²) in [5.74, 6) is -0.319. The van der Waals surface area contributed by atoms with Crippen LogP contribution in [0.2, 0.25) is 0 Å². The number of nitrogens with two attached hydrogens (primary N) is 2. The van der Waals surface area contributed by atoms with E-state index < -0.39 is 17.6 Å². The number of ether oxygens (including phenoxy) is 1. The summed E-state index contributed by atoms with van der Waals surface area (Å²) in [6.45, 7) is 1.63. The van der Waals surface area contributed by atoms with Crippen molar-refractivity contribution in [1.29, 1.82) is 0 Å². The van der Waals surface area contributed by atoms with E-state index in [2.05, 4.69) is 15.8 Å². The molecular formula is C18H22N6O5. The number of amides is 2. The third-order valence-electron chi connectivity index (χ3n) is 3.57. The molecule has 0 aliphatic carbocycles. The molecule has 0 radical (unpaired) electrons. The van der Waals surface area contributed by atoms with Crippen LogP contribution in [-0.4, -0.2) is 35.7 Å². The van der Waals surface area contributed by atoms with Crippen LogP contribution in [0.15, 0.2) is 52.4 Å². The summed E-state index contributed by atoms with van der Waals surface area (Å²) in [7, 11) is 0. The Hall–Kier alpha value is -4.02. The topological polar surface area (TPSA) is 163 Å². The molecule has 0 saturated heterocycles. The van der Waals surface area contributed by atoms with Crippen LogP contribution < -0.4 is 32.4 Å². The van der Waals surface area contributed by atoms with Crippen LogP contribution in [0, 0.1) is 6.92 Å². The Labute approximate surface area is 166 Å². The summed E-state index contributed by atoms with van der Waals surface area (Å²) in [6, 6.07) is 11.5. The highest BCUT2D eigenvalue weighted by Gasteiger charge is 2.13. The number of rotatable bonds is 8. The van der Waals surface area contributed by atoms with Crippen molar-refractivity contribution < 1.29 is 19.2 Å². The molecule has 11 nitrogen and oxygen atoms in total. The van der Waals surface area contributed by atoms with Crippen molar-refractivity contribution in [1.82, 2.24) is 9.88 Å². The molecule has 2 rings (SSSR count). The van der Waals surface area contributed by atoms with Crippen LogP contribution in [-0.2, 0) is 16.2 Å². The third-order valence-corrected chi connectivity index (χ3v) is 3.57. The summed E-state index contributed by atoms with van der Waals surface area (Å²) in [6.07, 6.45) is -0.815. The maximum absolute atomic E-state index is 12.6. The van der Waals surface area contributed by atoms with Crippen LogP contribution in [0.5, 0.6) is 5.75 Å². The first-order valence-electron chi connectivity index (χ1n) is 8.58. The largest absolute Gasteiger partial charge is 0.417 e. The predicted molar refractivity (Wildman–Crippen MR) is 106 cm³/mol. The minimum atomic E-state index is -0.815. The highest BCUT2D eigenvalue weighted by molar-refractivity contribution is 5.86. The summed E-state index contributed by atoms with van der Waals surface area (Å²) in [5, 5.41) is 8.27. The first-order chi connectivity index (χ1) is 13.9. The average Bonchev–Trinajstić information content (AvgIpc) is 2.67. The van der Waals surface area contributed by atoms with E-state index in [0.717, 1.165) is 0 Å². The standard InChI is InChI=1S/C18H22N6O5/c1-12-7-8-14(22-18(27)29-13-5-3-2-4-6-13)16(26)24(12)11-15(25)21-9-10-28-23-17(19)20/h2-8H,9-11H2,1H3,(H,21,25)(H,22,27)(H4,19,20,23). The fourth-order valence-corrected chi connectivity index (χ4v) is 2.25. The van der Waals surface area contributed by atoms with Crippen LogP contribution in [0.1, 0.15) is 5.69 Å². The van der Waals surface area contributed by atoms with Crippen LogP contribution in [0.3, 0.4) is 0 Å². The molecule has 0 spiro atoms. The summed E-state index contributed by atoms with van der Waals surface area (Å²) in [4.78, 5) is 41.4. The molecular weight excluding hydrogens is 380 g/mol. The lowest BCUT2D eigenvalue weighted by molar-refractivity contribution is -0.122. The van der Waals surface area contributed by atoms with E-state index in [1.807, 2.05) is 0 Å². The molecule has 0 aliphatic heterocycles. The molecule has 1 aromatic heterocycles. The maximum Gasteiger partial charge on any atom is 0.417 e. The highest BCUT2D eigenvalue weighted by Crippen LogP contribution is 2.10. The van der Waals surface area contributed by atoms with Gasteiger partial charge in [-0.15, -0.1) is 0 Å². The number of nitrogens with zero attached hydrogens (tertiary/aromatic N) is 2. The zero-order valence-electron chi connectivity index (χ0n) is 15.8. The van der Waals surface area contributed by atoms with Gasteiger partial charge >= 0.3 is 6.09 Å². The van der Waals surface area contributed by atoms with Crippen molar-refractivity contribution >= 4 is 23.6 Å². The average molecular weight is 402 g/mol. The Balaban J connectivity index is 1.97. The number of aromatic nitrogens is 1. The Morgan fingerprint density at radius 1 is 1.14 bits per heavy atom. The summed E-state index contributed by atoms with van der Waals surface area (Å²) < 4.78 is 6.32. The second kappa shape index (κ2) is 10.3. The molecule has 1 aromatic carbocycles. The van der Waals surface area contributed by atoms with Crippen LogP contribution in [0.25, 0.3) is 0 Å². The third kappa shape index (κ3) is 6.90. The van der Waals surface area contributed by atoms with E-state index in [0.29, 0.717) is 11.4 Å². The van der Waals surface area contributed by atoms with Gasteiger partial charge < -0.3 is 30.9 Å². The van der Waals surface area contributed by atoms with E-state index in [9.17, 15) is 14.4 Å². The smallest absolute Gasteiger partial charge is 0.410 e. The molecule has 0 unspecified atom stereocenters. The maximum atomic E-state index is 12.6. The van der Waals surface area contributed by atoms with Gasteiger partial charge in [0.05, 0.1) is 6.54 Å². The lowest BCUT2D eigenvalue weighted by Gasteiger charge is -2.13. The Morgan fingerprint density at radius 3 is 2.55 bits per heavy atom. The normalized spacial score (nSPS) is 9.97. The monoisotopic (exact) mass is 402 g/mol. The number of pyridine rings is 1. The molecule has 0 atom stereocenters. The van der Waals surface area contributed by atoms with Gasteiger partial charge in [-0.05, 0) is 36.3 Å². The SMILES string of the molecule is Cc1ccc(NC(=O)Oc2ccccc2)c(=O)n1CC(=O)NCCON=C(N)N. The van der Waals surface area contributed by atoms with Crippen molar-refractivity contribution in [3.05, 3.63) is 58.5 Å². The van der Waals surface area contributed by atoms with Crippen molar-refractivity contribution in [2.24, 2.45) is 16.6 Å². The molecule has 154 valence electrons. The van der Waals surface area contributed by atoms with Gasteiger partial charge in [-0.1, -0.05) is 18.2 Å². The minimum Gasteiger partial charge on any atom is -0.410 e. The summed E-state index contributed by atoms with van der Waals surface area (Å²) >= 11 is 0. The lowest BCUT2D eigenvalue weighted by atomic mass is 10.3. The fourth-order valence-electron chi connectivity index (χ4n) is 2.25. The lowest BCUT2D eigenvalue weighted by Crippen LogP contribution is -2.36. The quantitative estimate of drug-likeness (QED) is 0.210. The van der Waals surface area contributed by atoms with Crippen LogP contribution >= 0.6 is 0 Å². The zero-order chi connectivity index (χ0) is 21.2. The number of benzene rings is 1. The van der Waals surface area contributed by atoms with Gasteiger partial charge in [-0.3, -0.25) is 14.9 Å². The number of nitrogens with one attached hydrogen (secondary N) is 2. The van der Waals surface area contributed by atoms with Gasteiger partial charge in [0.25, 0.3) is 5.56 Å². The van der Waals surface area contributed by atoms with Gasteiger partial charge in [0.2, 0.25) is 11.9 Å². The zero-order valence-corrected chi connectivity index (χ0v) is 15.8. The molecule has 6 N–H and O–H groups in total. The first kappa shape index (κ1) is 21.3. The van der Waals surface area contributed by atoms with Crippen molar-refractivity contribution in [3.63, 3.8) is 0 Å². The van der Waals surface area contributed by atoms with Crippen LogP contribution in [0.4, 0.5) is 10.5 Å². The second-order valence-electron chi connectivity index (χ2n) is 5.81. The Kier molecular flexibility index (Phi) is 7.59. The van der Waals surface area contributed by atoms with E-state index in [-0.39, 0.29) is 31.3 Å². The number of guanidine groups is 1. The van der Waals surface area contributed by atoms with Gasteiger partial charge in [0, 0.05) is 5.69 Å². The van der Waals surface area contributed by atoms with Gasteiger partial charge in [0.15, 0.2) is 0 Å². The molecule has 0 saturated carbocycles. The number of carbonyl (C=O) groups excluding carboxylic acids is 2. The van der Waals surface area contributed by atoms with Crippen molar-refractivity contribution in [2.45, 2.75) is 13.5 Å². The molecule has 11 heteroatoms. The van der Waals surface area contributed by atoms with Crippen molar-refractivity contribution in [3.8, 4) is 5.75 Å². The number of carbonyl (C=O) groups is 2. The number of aryl methyl sites for hydroxylation is 1.